The Kier molecular flexibility index (Phi) is 8.86. The highest BCUT2D eigenvalue weighted by molar-refractivity contribution is 5.79. The highest BCUT2D eigenvalue weighted by Crippen LogP contribution is 2.21. The number of amides is 1. The molecule has 7 heteroatoms. The van der Waals surface area contributed by atoms with E-state index >= 15 is 0 Å². The largest absolute Gasteiger partial charge is 0.444 e. The van der Waals surface area contributed by atoms with E-state index in [2.05, 4.69) is 27.4 Å². The van der Waals surface area contributed by atoms with Gasteiger partial charge < -0.3 is 20.3 Å². The number of carbonyl (C=O) groups is 1. The predicted molar refractivity (Wildman–Crippen MR) is 115 cm³/mol. The molecule has 2 heterocycles. The molecular formula is C21H41N5O2. The average Bonchev–Trinajstić information content (AvgIpc) is 3.11. The van der Waals surface area contributed by atoms with Crippen LogP contribution in [-0.4, -0.2) is 79.8 Å². The van der Waals surface area contributed by atoms with Crippen LogP contribution in [0, 0.1) is 5.92 Å². The van der Waals surface area contributed by atoms with Gasteiger partial charge in [0.05, 0.1) is 0 Å². The molecular weight excluding hydrogens is 354 g/mol. The summed E-state index contributed by atoms with van der Waals surface area (Å²) >= 11 is 0. The average molecular weight is 396 g/mol. The van der Waals surface area contributed by atoms with Crippen molar-refractivity contribution in [2.75, 3.05) is 46.3 Å². The van der Waals surface area contributed by atoms with Crippen molar-refractivity contribution in [1.82, 2.24) is 20.4 Å². The topological polar surface area (TPSA) is 69.2 Å². The van der Waals surface area contributed by atoms with Crippen molar-refractivity contribution < 1.29 is 9.53 Å². The van der Waals surface area contributed by atoms with E-state index in [0.717, 1.165) is 51.5 Å². The second-order valence-corrected chi connectivity index (χ2v) is 9.03. The van der Waals surface area contributed by atoms with Crippen LogP contribution in [0.5, 0.6) is 0 Å². The van der Waals surface area contributed by atoms with Gasteiger partial charge in [-0.25, -0.2) is 4.79 Å². The zero-order valence-corrected chi connectivity index (χ0v) is 18.6. The number of guanidine groups is 1. The first-order valence-electron chi connectivity index (χ1n) is 11.0. The maximum Gasteiger partial charge on any atom is 0.410 e. The van der Waals surface area contributed by atoms with Gasteiger partial charge in [0.15, 0.2) is 5.96 Å². The number of likely N-dealkylation sites (tertiary alicyclic amines) is 2. The lowest BCUT2D eigenvalue weighted by Crippen LogP contribution is -2.46. The molecule has 0 saturated carbocycles. The second kappa shape index (κ2) is 10.9. The van der Waals surface area contributed by atoms with Crippen molar-refractivity contribution in [3.63, 3.8) is 0 Å². The zero-order valence-electron chi connectivity index (χ0n) is 18.6. The zero-order chi connectivity index (χ0) is 20.6. The van der Waals surface area contributed by atoms with Gasteiger partial charge in [0, 0.05) is 39.3 Å². The Hall–Kier alpha value is -1.50. The molecule has 0 spiro atoms. The third-order valence-corrected chi connectivity index (χ3v) is 5.65. The number of hydrogen-bond acceptors (Lipinski definition) is 4. The number of hydrogen-bond donors (Lipinski definition) is 2. The maximum absolute atomic E-state index is 12.3. The fourth-order valence-electron chi connectivity index (χ4n) is 4.17. The molecule has 2 N–H and O–H groups in total. The lowest BCUT2D eigenvalue weighted by atomic mass is 9.95. The van der Waals surface area contributed by atoms with Crippen LogP contribution < -0.4 is 10.6 Å². The molecule has 0 aromatic heterocycles. The van der Waals surface area contributed by atoms with Crippen LogP contribution in [0.3, 0.4) is 0 Å². The summed E-state index contributed by atoms with van der Waals surface area (Å²) in [5.74, 6) is 1.39. The summed E-state index contributed by atoms with van der Waals surface area (Å²) in [5.41, 5.74) is -0.434. The Morgan fingerprint density at radius 1 is 1.18 bits per heavy atom. The van der Waals surface area contributed by atoms with E-state index in [1.807, 2.05) is 32.7 Å². The number of nitrogens with one attached hydrogen (secondary N) is 2. The monoisotopic (exact) mass is 395 g/mol. The summed E-state index contributed by atoms with van der Waals surface area (Å²) in [4.78, 5) is 21.1. The molecule has 1 amide bonds. The molecule has 2 aliphatic rings. The number of aliphatic imine (C=N–C) groups is 1. The number of ether oxygens (including phenoxy) is 1. The highest BCUT2D eigenvalue weighted by atomic mass is 16.6. The normalized spacial score (nSPS) is 24.3. The lowest BCUT2D eigenvalue weighted by molar-refractivity contribution is 0.0162. The fraction of sp³-hybridized carbons (Fsp3) is 0.905. The van der Waals surface area contributed by atoms with Crippen molar-refractivity contribution in [3.8, 4) is 0 Å². The number of piperidine rings is 1. The number of rotatable bonds is 6. The molecule has 0 aromatic carbocycles. The summed E-state index contributed by atoms with van der Waals surface area (Å²) in [6.45, 7) is 13.7. The van der Waals surface area contributed by atoms with Crippen LogP contribution in [0.1, 0.15) is 59.8 Å². The Morgan fingerprint density at radius 2 is 1.93 bits per heavy atom. The van der Waals surface area contributed by atoms with E-state index in [4.69, 9.17) is 4.74 Å². The summed E-state index contributed by atoms with van der Waals surface area (Å²) in [6.07, 6.45) is 5.62. The van der Waals surface area contributed by atoms with Crippen molar-refractivity contribution in [1.29, 1.82) is 0 Å². The second-order valence-electron chi connectivity index (χ2n) is 9.03. The van der Waals surface area contributed by atoms with E-state index in [1.54, 1.807) is 0 Å². The van der Waals surface area contributed by atoms with Crippen LogP contribution in [-0.2, 0) is 4.74 Å². The molecule has 2 atom stereocenters. The van der Waals surface area contributed by atoms with Gasteiger partial charge in [-0.1, -0.05) is 6.92 Å². The summed E-state index contributed by atoms with van der Waals surface area (Å²) in [7, 11) is 1.83. The quantitative estimate of drug-likeness (QED) is 0.535. The van der Waals surface area contributed by atoms with Gasteiger partial charge in [0.2, 0.25) is 0 Å². The molecule has 0 radical (unpaired) electrons. The Balaban J connectivity index is 1.68. The molecule has 2 unspecified atom stereocenters. The smallest absolute Gasteiger partial charge is 0.410 e. The minimum Gasteiger partial charge on any atom is -0.444 e. The first kappa shape index (κ1) is 22.8. The molecule has 0 bridgehead atoms. The maximum atomic E-state index is 12.3. The van der Waals surface area contributed by atoms with Crippen molar-refractivity contribution >= 4 is 12.1 Å². The number of nitrogens with zero attached hydrogens (tertiary/aromatic N) is 3. The van der Waals surface area contributed by atoms with Crippen molar-refractivity contribution in [2.24, 2.45) is 10.9 Å². The van der Waals surface area contributed by atoms with Crippen LogP contribution >= 0.6 is 0 Å². The summed E-state index contributed by atoms with van der Waals surface area (Å²) < 4.78 is 5.52. The Bertz CT molecular complexity index is 517. The number of carbonyl (C=O) groups excluding carboxylic acids is 1. The van der Waals surface area contributed by atoms with Gasteiger partial charge in [-0.15, -0.1) is 0 Å². The molecule has 28 heavy (non-hydrogen) atoms. The predicted octanol–water partition coefficient (Wildman–Crippen LogP) is 2.67. The summed E-state index contributed by atoms with van der Waals surface area (Å²) in [5, 5.41) is 6.92. The van der Waals surface area contributed by atoms with E-state index in [1.165, 1.54) is 25.8 Å². The van der Waals surface area contributed by atoms with Gasteiger partial charge in [-0.05, 0) is 71.9 Å². The molecule has 0 aliphatic carbocycles. The molecule has 2 rings (SSSR count). The standard InChI is InChI=1S/C21H41N5O2/c1-6-25-13-8-10-18(25)15-24-19(22-5)23-12-11-17-9-7-14-26(16-17)20(27)28-21(2,3)4/h17-18H,6-16H2,1-5H3,(H2,22,23,24). The van der Waals surface area contributed by atoms with E-state index < -0.39 is 5.60 Å². The fourth-order valence-corrected chi connectivity index (χ4v) is 4.17. The van der Waals surface area contributed by atoms with Crippen LogP contribution in [0.15, 0.2) is 4.99 Å². The van der Waals surface area contributed by atoms with Crippen molar-refractivity contribution in [2.45, 2.75) is 71.4 Å². The van der Waals surface area contributed by atoms with E-state index in [-0.39, 0.29) is 6.09 Å². The molecule has 2 aliphatic heterocycles. The molecule has 162 valence electrons. The Morgan fingerprint density at radius 3 is 2.61 bits per heavy atom. The summed E-state index contributed by atoms with van der Waals surface area (Å²) in [6, 6.07) is 0.615. The van der Waals surface area contributed by atoms with Crippen molar-refractivity contribution in [3.05, 3.63) is 0 Å². The van der Waals surface area contributed by atoms with Gasteiger partial charge >= 0.3 is 6.09 Å². The lowest BCUT2D eigenvalue weighted by Gasteiger charge is -2.34. The third kappa shape index (κ3) is 7.49. The molecule has 7 nitrogen and oxygen atoms in total. The first-order chi connectivity index (χ1) is 13.3. The van der Waals surface area contributed by atoms with Crippen LogP contribution in [0.4, 0.5) is 4.79 Å². The third-order valence-electron chi connectivity index (χ3n) is 5.65. The van der Waals surface area contributed by atoms with Gasteiger partial charge in [-0.3, -0.25) is 9.89 Å². The van der Waals surface area contributed by atoms with Gasteiger partial charge in [0.1, 0.15) is 5.60 Å². The van der Waals surface area contributed by atoms with Crippen LogP contribution in [0.2, 0.25) is 0 Å². The highest BCUT2D eigenvalue weighted by Gasteiger charge is 2.27. The molecule has 2 fully saturated rings. The van der Waals surface area contributed by atoms with Gasteiger partial charge in [-0.2, -0.15) is 0 Å². The molecule has 2 saturated heterocycles. The SMILES string of the molecule is CCN1CCCC1CNC(=NC)NCCC1CCCN(C(=O)OC(C)(C)C)C1. The van der Waals surface area contributed by atoms with Crippen LogP contribution in [0.25, 0.3) is 0 Å². The Labute approximate surface area is 171 Å². The van der Waals surface area contributed by atoms with E-state index in [9.17, 15) is 4.79 Å². The minimum absolute atomic E-state index is 0.181. The first-order valence-corrected chi connectivity index (χ1v) is 11.0. The molecule has 0 aromatic rings. The number of likely N-dealkylation sites (N-methyl/N-ethyl adjacent to an activating group) is 1. The van der Waals surface area contributed by atoms with E-state index in [0.29, 0.717) is 12.0 Å². The minimum atomic E-state index is -0.434. The van der Waals surface area contributed by atoms with Gasteiger partial charge in [0.25, 0.3) is 0 Å².